The average molecular weight is 249 g/mol. The molecule has 0 amide bonds. The number of carboxylic acid groups (broad SMARTS) is 1. The summed E-state index contributed by atoms with van der Waals surface area (Å²) < 4.78 is 5.15. The van der Waals surface area contributed by atoms with Crippen molar-refractivity contribution in [2.45, 2.75) is 18.8 Å². The van der Waals surface area contributed by atoms with Crippen molar-refractivity contribution in [3.8, 4) is 5.75 Å². The van der Waals surface area contributed by atoms with Gasteiger partial charge in [-0.15, -0.1) is 0 Å². The van der Waals surface area contributed by atoms with Crippen LogP contribution in [0.5, 0.6) is 5.75 Å². The fourth-order valence-electron chi connectivity index (χ4n) is 2.41. The number of carbonyl (C=O) groups is 1. The van der Waals surface area contributed by atoms with Crippen LogP contribution in [0.15, 0.2) is 24.3 Å². The molecule has 0 saturated carbocycles. The molecule has 1 aliphatic heterocycles. The van der Waals surface area contributed by atoms with E-state index < -0.39 is 11.9 Å². The highest BCUT2D eigenvalue weighted by Gasteiger charge is 2.24. The number of aliphatic carboxylic acids is 1. The molecule has 1 aromatic rings. The summed E-state index contributed by atoms with van der Waals surface area (Å²) in [6, 6.07) is 7.35. The summed E-state index contributed by atoms with van der Waals surface area (Å²) in [7, 11) is 1.59. The van der Waals surface area contributed by atoms with Crippen molar-refractivity contribution in [1.82, 2.24) is 4.90 Å². The maximum absolute atomic E-state index is 11.4. The molecule has 0 spiro atoms. The van der Waals surface area contributed by atoms with E-state index in [0.29, 0.717) is 12.3 Å². The van der Waals surface area contributed by atoms with Crippen LogP contribution in [0.3, 0.4) is 0 Å². The Morgan fingerprint density at radius 2 is 2.17 bits per heavy atom. The second kappa shape index (κ2) is 5.87. The monoisotopic (exact) mass is 249 g/mol. The highest BCUT2D eigenvalue weighted by atomic mass is 16.5. The van der Waals surface area contributed by atoms with Crippen molar-refractivity contribution >= 4 is 5.97 Å². The Morgan fingerprint density at radius 3 is 2.78 bits per heavy atom. The van der Waals surface area contributed by atoms with Crippen LogP contribution in [0.2, 0.25) is 0 Å². The Balaban J connectivity index is 2.14. The van der Waals surface area contributed by atoms with Crippen molar-refractivity contribution < 1.29 is 14.6 Å². The number of ether oxygens (including phenoxy) is 1. The third-order valence-corrected chi connectivity index (χ3v) is 3.43. The molecule has 1 aliphatic rings. The van der Waals surface area contributed by atoms with Gasteiger partial charge in [-0.1, -0.05) is 12.1 Å². The third-order valence-electron chi connectivity index (χ3n) is 3.43. The van der Waals surface area contributed by atoms with Gasteiger partial charge in [-0.25, -0.2) is 0 Å². The second-order valence-electron chi connectivity index (χ2n) is 4.68. The van der Waals surface area contributed by atoms with Crippen LogP contribution in [-0.2, 0) is 4.79 Å². The standard InChI is InChI=1S/C14H19NO3/c1-18-12-6-4-5-11(9-12)13(14(16)17)10-15-7-2-3-8-15/h4-6,9,13H,2-3,7-8,10H2,1H3,(H,16,17). The van der Waals surface area contributed by atoms with Gasteiger partial charge >= 0.3 is 5.97 Å². The van der Waals surface area contributed by atoms with Gasteiger partial charge in [0, 0.05) is 6.54 Å². The van der Waals surface area contributed by atoms with Gasteiger partial charge in [0.15, 0.2) is 0 Å². The first-order chi connectivity index (χ1) is 8.70. The average Bonchev–Trinajstić information content (AvgIpc) is 2.88. The van der Waals surface area contributed by atoms with E-state index in [0.717, 1.165) is 18.7 Å². The highest BCUT2D eigenvalue weighted by molar-refractivity contribution is 5.76. The van der Waals surface area contributed by atoms with E-state index in [-0.39, 0.29) is 0 Å². The summed E-state index contributed by atoms with van der Waals surface area (Å²) in [5.41, 5.74) is 0.814. The van der Waals surface area contributed by atoms with E-state index in [1.54, 1.807) is 7.11 Å². The van der Waals surface area contributed by atoms with Crippen molar-refractivity contribution in [2.75, 3.05) is 26.7 Å². The topological polar surface area (TPSA) is 49.8 Å². The zero-order chi connectivity index (χ0) is 13.0. The van der Waals surface area contributed by atoms with Crippen LogP contribution >= 0.6 is 0 Å². The first-order valence-corrected chi connectivity index (χ1v) is 6.30. The van der Waals surface area contributed by atoms with E-state index in [1.165, 1.54) is 12.8 Å². The van der Waals surface area contributed by atoms with Gasteiger partial charge in [0.2, 0.25) is 0 Å². The van der Waals surface area contributed by atoms with Gasteiger partial charge in [0.05, 0.1) is 13.0 Å². The van der Waals surface area contributed by atoms with E-state index in [1.807, 2.05) is 24.3 Å². The zero-order valence-corrected chi connectivity index (χ0v) is 10.6. The predicted molar refractivity (Wildman–Crippen MR) is 69.0 cm³/mol. The Hall–Kier alpha value is -1.55. The van der Waals surface area contributed by atoms with E-state index >= 15 is 0 Å². The molecule has 18 heavy (non-hydrogen) atoms. The first-order valence-electron chi connectivity index (χ1n) is 6.30. The molecule has 0 aromatic heterocycles. The number of likely N-dealkylation sites (tertiary alicyclic amines) is 1. The smallest absolute Gasteiger partial charge is 0.312 e. The Morgan fingerprint density at radius 1 is 1.44 bits per heavy atom. The minimum Gasteiger partial charge on any atom is -0.497 e. The number of carboxylic acids is 1. The summed E-state index contributed by atoms with van der Waals surface area (Å²) in [4.78, 5) is 13.6. The summed E-state index contributed by atoms with van der Waals surface area (Å²) in [6.07, 6.45) is 2.34. The zero-order valence-electron chi connectivity index (χ0n) is 10.6. The van der Waals surface area contributed by atoms with E-state index in [9.17, 15) is 9.90 Å². The molecule has 1 heterocycles. The summed E-state index contributed by atoms with van der Waals surface area (Å²) >= 11 is 0. The summed E-state index contributed by atoms with van der Waals surface area (Å²) in [6.45, 7) is 2.60. The number of hydrogen-bond acceptors (Lipinski definition) is 3. The maximum Gasteiger partial charge on any atom is 0.312 e. The molecular weight excluding hydrogens is 230 g/mol. The molecule has 1 fully saturated rings. The van der Waals surface area contributed by atoms with E-state index in [4.69, 9.17) is 4.74 Å². The lowest BCUT2D eigenvalue weighted by Crippen LogP contribution is -2.29. The lowest BCUT2D eigenvalue weighted by molar-refractivity contribution is -0.139. The lowest BCUT2D eigenvalue weighted by atomic mass is 9.98. The number of benzene rings is 1. The normalized spacial score (nSPS) is 17.6. The number of methoxy groups -OCH3 is 1. The molecule has 1 N–H and O–H groups in total. The molecular formula is C14H19NO3. The van der Waals surface area contributed by atoms with Crippen molar-refractivity contribution in [1.29, 1.82) is 0 Å². The molecule has 4 heteroatoms. The van der Waals surface area contributed by atoms with Crippen molar-refractivity contribution in [3.63, 3.8) is 0 Å². The highest BCUT2D eigenvalue weighted by Crippen LogP contribution is 2.23. The minimum absolute atomic E-state index is 0.474. The quantitative estimate of drug-likeness (QED) is 0.866. The molecule has 0 radical (unpaired) electrons. The maximum atomic E-state index is 11.4. The van der Waals surface area contributed by atoms with Gasteiger partial charge in [-0.05, 0) is 43.6 Å². The van der Waals surface area contributed by atoms with Gasteiger partial charge < -0.3 is 14.7 Å². The van der Waals surface area contributed by atoms with Crippen LogP contribution in [0.25, 0.3) is 0 Å². The molecule has 1 unspecified atom stereocenters. The molecule has 4 nitrogen and oxygen atoms in total. The van der Waals surface area contributed by atoms with Gasteiger partial charge in [0.1, 0.15) is 5.75 Å². The SMILES string of the molecule is COc1cccc(C(CN2CCCC2)C(=O)O)c1. The molecule has 1 saturated heterocycles. The van der Waals surface area contributed by atoms with Crippen LogP contribution < -0.4 is 4.74 Å². The fraction of sp³-hybridized carbons (Fsp3) is 0.500. The molecule has 1 atom stereocenters. The lowest BCUT2D eigenvalue weighted by Gasteiger charge is -2.20. The number of rotatable bonds is 5. The predicted octanol–water partition coefficient (Wildman–Crippen LogP) is 1.96. The molecule has 1 aromatic carbocycles. The van der Waals surface area contributed by atoms with Crippen LogP contribution in [0, 0.1) is 0 Å². The number of nitrogens with zero attached hydrogens (tertiary/aromatic N) is 1. The summed E-state index contributed by atoms with van der Waals surface area (Å²) in [5, 5.41) is 9.38. The Kier molecular flexibility index (Phi) is 4.20. The second-order valence-corrected chi connectivity index (χ2v) is 4.68. The van der Waals surface area contributed by atoms with Crippen molar-refractivity contribution in [2.24, 2.45) is 0 Å². The molecule has 0 bridgehead atoms. The number of hydrogen-bond donors (Lipinski definition) is 1. The van der Waals surface area contributed by atoms with Crippen LogP contribution in [0.1, 0.15) is 24.3 Å². The molecule has 98 valence electrons. The van der Waals surface area contributed by atoms with Crippen LogP contribution in [-0.4, -0.2) is 42.7 Å². The fourth-order valence-corrected chi connectivity index (χ4v) is 2.41. The largest absolute Gasteiger partial charge is 0.497 e. The minimum atomic E-state index is -0.768. The Labute approximate surface area is 107 Å². The third kappa shape index (κ3) is 3.01. The Bertz CT molecular complexity index is 413. The first kappa shape index (κ1) is 12.9. The molecule has 0 aliphatic carbocycles. The summed E-state index contributed by atoms with van der Waals surface area (Å²) in [5.74, 6) is -0.534. The molecule has 2 rings (SSSR count). The van der Waals surface area contributed by atoms with Gasteiger partial charge in [0.25, 0.3) is 0 Å². The van der Waals surface area contributed by atoms with Gasteiger partial charge in [-0.3, -0.25) is 4.79 Å². The van der Waals surface area contributed by atoms with Crippen LogP contribution in [0.4, 0.5) is 0 Å². The van der Waals surface area contributed by atoms with E-state index in [2.05, 4.69) is 4.90 Å². The van der Waals surface area contributed by atoms with Crippen molar-refractivity contribution in [3.05, 3.63) is 29.8 Å². The van der Waals surface area contributed by atoms with Gasteiger partial charge in [-0.2, -0.15) is 0 Å².